The maximum Gasteiger partial charge on any atom is 0.416 e. The van der Waals surface area contributed by atoms with Gasteiger partial charge in [0, 0.05) is 20.2 Å². The summed E-state index contributed by atoms with van der Waals surface area (Å²) in [5, 5.41) is 9.09. The van der Waals surface area contributed by atoms with E-state index in [0.717, 1.165) is 31.5 Å². The van der Waals surface area contributed by atoms with Crippen molar-refractivity contribution in [1.82, 2.24) is 0 Å². The zero-order valence-corrected chi connectivity index (χ0v) is 11.1. The number of alkyl halides is 3. The normalized spacial score (nSPS) is 19.8. The van der Waals surface area contributed by atoms with Crippen LogP contribution in [0.15, 0.2) is 18.2 Å². The first kappa shape index (κ1) is 14.7. The Balaban J connectivity index is 2.30. The molecule has 0 spiro atoms. The molecule has 108 valence electrons. The van der Waals surface area contributed by atoms with Crippen LogP contribution in [-0.4, -0.2) is 26.3 Å². The molecule has 1 aliphatic rings. The van der Waals surface area contributed by atoms with Crippen molar-refractivity contribution in [3.05, 3.63) is 29.3 Å². The molecular weight excluding hydrogens is 269 g/mol. The van der Waals surface area contributed by atoms with Crippen LogP contribution in [0.2, 0.25) is 0 Å². The van der Waals surface area contributed by atoms with Crippen molar-refractivity contribution < 1.29 is 17.9 Å². The molecule has 0 N–H and O–H groups in total. The molecule has 0 amide bonds. The van der Waals surface area contributed by atoms with Gasteiger partial charge in [0.2, 0.25) is 0 Å². The highest BCUT2D eigenvalue weighted by molar-refractivity contribution is 5.61. The summed E-state index contributed by atoms with van der Waals surface area (Å²) in [4.78, 5) is 1.91. The van der Waals surface area contributed by atoms with Gasteiger partial charge in [0.05, 0.1) is 22.9 Å². The molecule has 0 bridgehead atoms. The van der Waals surface area contributed by atoms with Gasteiger partial charge in [-0.25, -0.2) is 0 Å². The molecule has 1 aromatic rings. The number of hydrogen-bond acceptors (Lipinski definition) is 3. The summed E-state index contributed by atoms with van der Waals surface area (Å²) in [5.41, 5.74) is -0.197. The summed E-state index contributed by atoms with van der Waals surface area (Å²) in [6, 6.07) is 5.16. The maximum absolute atomic E-state index is 12.7. The Morgan fingerprint density at radius 3 is 2.75 bits per heavy atom. The van der Waals surface area contributed by atoms with Gasteiger partial charge in [0.25, 0.3) is 0 Å². The van der Waals surface area contributed by atoms with Crippen molar-refractivity contribution in [2.24, 2.45) is 0 Å². The minimum atomic E-state index is -4.43. The lowest BCUT2D eigenvalue weighted by Gasteiger charge is -2.34. The van der Waals surface area contributed by atoms with Gasteiger partial charge < -0.3 is 9.64 Å². The van der Waals surface area contributed by atoms with Crippen molar-refractivity contribution in [1.29, 1.82) is 5.26 Å². The Labute approximate surface area is 115 Å². The molecule has 0 aliphatic carbocycles. The van der Waals surface area contributed by atoms with E-state index in [-0.39, 0.29) is 11.7 Å². The van der Waals surface area contributed by atoms with Crippen LogP contribution in [0.25, 0.3) is 0 Å². The number of piperidine rings is 1. The van der Waals surface area contributed by atoms with E-state index in [9.17, 15) is 13.2 Å². The first-order valence-electron chi connectivity index (χ1n) is 6.35. The summed E-state index contributed by atoms with van der Waals surface area (Å²) in [5.74, 6) is 0. The Morgan fingerprint density at radius 2 is 2.15 bits per heavy atom. The third kappa shape index (κ3) is 3.05. The monoisotopic (exact) mass is 284 g/mol. The number of methoxy groups -OCH3 is 1. The smallest absolute Gasteiger partial charge is 0.380 e. The first-order chi connectivity index (χ1) is 9.45. The van der Waals surface area contributed by atoms with Crippen LogP contribution in [0.3, 0.4) is 0 Å². The number of ether oxygens (including phenoxy) is 1. The highest BCUT2D eigenvalue weighted by Crippen LogP contribution is 2.33. The number of anilines is 1. The van der Waals surface area contributed by atoms with Gasteiger partial charge in [-0.05, 0) is 31.0 Å². The zero-order chi connectivity index (χ0) is 14.8. The van der Waals surface area contributed by atoms with Crippen molar-refractivity contribution in [2.45, 2.75) is 25.1 Å². The van der Waals surface area contributed by atoms with E-state index < -0.39 is 11.7 Å². The van der Waals surface area contributed by atoms with Crippen LogP contribution < -0.4 is 4.90 Å². The van der Waals surface area contributed by atoms with Gasteiger partial charge in [-0.1, -0.05) is 0 Å². The van der Waals surface area contributed by atoms with Crippen molar-refractivity contribution in [3.63, 3.8) is 0 Å². The Kier molecular flexibility index (Phi) is 4.19. The fourth-order valence-corrected chi connectivity index (χ4v) is 2.43. The molecule has 1 heterocycles. The van der Waals surface area contributed by atoms with Gasteiger partial charge >= 0.3 is 6.18 Å². The quantitative estimate of drug-likeness (QED) is 0.836. The topological polar surface area (TPSA) is 36.3 Å². The fraction of sp³-hybridized carbons (Fsp3) is 0.500. The highest BCUT2D eigenvalue weighted by Gasteiger charge is 2.32. The minimum absolute atomic E-state index is 0.0524. The zero-order valence-electron chi connectivity index (χ0n) is 11.1. The number of rotatable bonds is 2. The molecule has 1 fully saturated rings. The number of hydrogen-bond donors (Lipinski definition) is 0. The lowest BCUT2D eigenvalue weighted by Crippen LogP contribution is -2.39. The van der Waals surface area contributed by atoms with Crippen LogP contribution in [0.1, 0.15) is 24.0 Å². The third-order valence-electron chi connectivity index (χ3n) is 3.50. The summed E-state index contributed by atoms with van der Waals surface area (Å²) >= 11 is 0. The van der Waals surface area contributed by atoms with E-state index in [2.05, 4.69) is 0 Å². The minimum Gasteiger partial charge on any atom is -0.380 e. The second kappa shape index (κ2) is 5.71. The van der Waals surface area contributed by atoms with Gasteiger partial charge in [-0.3, -0.25) is 0 Å². The van der Waals surface area contributed by atoms with E-state index >= 15 is 0 Å². The van der Waals surface area contributed by atoms with E-state index in [1.54, 1.807) is 7.11 Å². The van der Waals surface area contributed by atoms with Crippen LogP contribution in [-0.2, 0) is 10.9 Å². The maximum atomic E-state index is 12.7. The fourth-order valence-electron chi connectivity index (χ4n) is 2.43. The standard InChI is InChI=1S/C14H15F3N2O/c1-20-12-3-2-6-19(9-12)13-5-4-11(14(15,16)17)7-10(13)8-18/h4-5,7,12H,2-3,6,9H2,1H3. The molecule has 0 radical (unpaired) electrons. The molecule has 3 nitrogen and oxygen atoms in total. The third-order valence-corrected chi connectivity index (χ3v) is 3.50. The Morgan fingerprint density at radius 1 is 1.40 bits per heavy atom. The van der Waals surface area contributed by atoms with Crippen LogP contribution in [0.5, 0.6) is 0 Å². The van der Waals surface area contributed by atoms with Gasteiger partial charge in [0.1, 0.15) is 6.07 Å². The van der Waals surface area contributed by atoms with Crippen molar-refractivity contribution in [3.8, 4) is 6.07 Å². The summed E-state index contributed by atoms with van der Waals surface area (Å²) in [6.45, 7) is 1.32. The number of nitriles is 1. The van der Waals surface area contributed by atoms with Crippen LogP contribution >= 0.6 is 0 Å². The average molecular weight is 284 g/mol. The predicted molar refractivity (Wildman–Crippen MR) is 68.4 cm³/mol. The molecule has 1 atom stereocenters. The molecule has 20 heavy (non-hydrogen) atoms. The van der Waals surface area contributed by atoms with Crippen LogP contribution in [0.4, 0.5) is 18.9 Å². The summed E-state index contributed by atoms with van der Waals surface area (Å²) in [7, 11) is 1.62. The van der Waals surface area contributed by atoms with Gasteiger partial charge in [-0.2, -0.15) is 18.4 Å². The van der Waals surface area contributed by atoms with E-state index in [1.807, 2.05) is 11.0 Å². The molecule has 0 aromatic heterocycles. The van der Waals surface area contributed by atoms with E-state index in [4.69, 9.17) is 10.00 Å². The number of benzene rings is 1. The molecule has 1 aromatic carbocycles. The number of nitrogens with zero attached hydrogens (tertiary/aromatic N) is 2. The van der Waals surface area contributed by atoms with E-state index in [1.165, 1.54) is 6.07 Å². The summed E-state index contributed by atoms with van der Waals surface area (Å²) in [6.07, 6.45) is -2.56. The van der Waals surface area contributed by atoms with Gasteiger partial charge in [-0.15, -0.1) is 0 Å². The second-order valence-electron chi connectivity index (χ2n) is 4.79. The average Bonchev–Trinajstić information content (AvgIpc) is 2.45. The Hall–Kier alpha value is -1.74. The van der Waals surface area contributed by atoms with Crippen molar-refractivity contribution >= 4 is 5.69 Å². The first-order valence-corrected chi connectivity index (χ1v) is 6.35. The lowest BCUT2D eigenvalue weighted by molar-refractivity contribution is -0.137. The molecule has 1 unspecified atom stereocenters. The van der Waals surface area contributed by atoms with Gasteiger partial charge in [0.15, 0.2) is 0 Å². The molecule has 2 rings (SSSR count). The SMILES string of the molecule is COC1CCCN(c2ccc(C(F)(F)F)cc2C#N)C1. The highest BCUT2D eigenvalue weighted by atomic mass is 19.4. The van der Waals surface area contributed by atoms with Crippen molar-refractivity contribution in [2.75, 3.05) is 25.1 Å². The predicted octanol–water partition coefficient (Wildman–Crippen LogP) is 3.19. The molecular formula is C14H15F3N2O. The van der Waals surface area contributed by atoms with E-state index in [0.29, 0.717) is 12.2 Å². The lowest BCUT2D eigenvalue weighted by atomic mass is 10.0. The molecule has 1 saturated heterocycles. The Bertz CT molecular complexity index is 522. The summed E-state index contributed by atoms with van der Waals surface area (Å²) < 4.78 is 43.2. The second-order valence-corrected chi connectivity index (χ2v) is 4.79. The molecule has 0 saturated carbocycles. The molecule has 1 aliphatic heterocycles. The molecule has 6 heteroatoms. The van der Waals surface area contributed by atoms with Crippen LogP contribution in [0, 0.1) is 11.3 Å². The largest absolute Gasteiger partial charge is 0.416 e. The number of halogens is 3.